The summed E-state index contributed by atoms with van der Waals surface area (Å²) in [7, 11) is 0. The fourth-order valence-electron chi connectivity index (χ4n) is 1.41. The molecule has 0 unspecified atom stereocenters. The second-order valence-corrected chi connectivity index (χ2v) is 6.40. The quantitative estimate of drug-likeness (QED) is 0.426. The lowest BCUT2D eigenvalue weighted by molar-refractivity contribution is 0.0525. The van der Waals surface area contributed by atoms with Gasteiger partial charge in [-0.1, -0.05) is 46.0 Å². The number of nitrogens with zero attached hydrogens (tertiary/aromatic N) is 2. The maximum Gasteiger partial charge on any atom is 0.375 e. The molecule has 2 aromatic rings. The smallest absolute Gasteiger partial charge is 0.312 e. The molecule has 0 amide bonds. The molecule has 0 aliphatic carbocycles. The minimum absolute atomic E-state index is 0.333. The first kappa shape index (κ1) is 17.7. The van der Waals surface area contributed by atoms with Gasteiger partial charge in [0.25, 0.3) is 0 Å². The van der Waals surface area contributed by atoms with Crippen LogP contribution in [-0.4, -0.2) is 17.9 Å². The van der Waals surface area contributed by atoms with E-state index in [-0.39, 0.29) is 0 Å². The maximum absolute atomic E-state index is 11.6. The number of carbonyl (C=O) groups excluding carboxylic acids is 1. The van der Waals surface area contributed by atoms with Crippen LogP contribution >= 0.6 is 46.1 Å². The third kappa shape index (κ3) is 5.21. The Morgan fingerprint density at radius 1 is 1.30 bits per heavy atom. The number of hydrogen-bond donors (Lipinski definition) is 1. The molecule has 1 aromatic carbocycles. The number of rotatable bonds is 5. The molecule has 2 rings (SSSR count). The van der Waals surface area contributed by atoms with Crippen molar-refractivity contribution >= 4 is 69.7 Å². The van der Waals surface area contributed by atoms with Crippen molar-refractivity contribution in [2.75, 3.05) is 5.43 Å². The van der Waals surface area contributed by atoms with Crippen LogP contribution in [0.1, 0.15) is 16.6 Å². The maximum atomic E-state index is 11.6. The van der Waals surface area contributed by atoms with Crippen LogP contribution in [0, 0.1) is 0 Å². The van der Waals surface area contributed by atoms with Gasteiger partial charge in [-0.3, -0.25) is 5.43 Å². The molecule has 9 heteroatoms. The Kier molecular flexibility index (Phi) is 6.41. The average Bonchev–Trinajstić information content (AvgIpc) is 3.00. The van der Waals surface area contributed by atoms with E-state index in [0.717, 1.165) is 0 Å². The molecular formula is C14H10Cl3N3O2S. The fraction of sp³-hybridized carbons (Fsp3) is 0.0714. The van der Waals surface area contributed by atoms with Crippen molar-refractivity contribution < 1.29 is 9.63 Å². The largest absolute Gasteiger partial charge is 0.375 e. The highest BCUT2D eigenvalue weighted by molar-refractivity contribution is 7.11. The molecule has 0 saturated heterocycles. The van der Waals surface area contributed by atoms with Crippen LogP contribution in [0.5, 0.6) is 0 Å². The third-order valence-corrected chi connectivity index (χ3v) is 4.11. The molecular weight excluding hydrogens is 381 g/mol. The summed E-state index contributed by atoms with van der Waals surface area (Å²) in [6, 6.07) is 6.48. The molecule has 0 saturated carbocycles. The number of halogens is 3. The number of benzene rings is 1. The normalized spacial score (nSPS) is 11.7. The Balaban J connectivity index is 1.95. The molecule has 0 spiro atoms. The highest BCUT2D eigenvalue weighted by Gasteiger charge is 2.08. The lowest BCUT2D eigenvalue weighted by Crippen LogP contribution is -2.02. The van der Waals surface area contributed by atoms with Crippen LogP contribution in [0.25, 0.3) is 0 Å². The van der Waals surface area contributed by atoms with Gasteiger partial charge in [0.15, 0.2) is 0 Å². The lowest BCUT2D eigenvalue weighted by atomic mass is 10.3. The Bertz CT molecular complexity index is 738. The Hall–Kier alpha value is -1.60. The molecule has 23 heavy (non-hydrogen) atoms. The van der Waals surface area contributed by atoms with Crippen molar-refractivity contribution in [3.05, 3.63) is 49.6 Å². The predicted molar refractivity (Wildman–Crippen MR) is 96.4 cm³/mol. The number of hydrazone groups is 1. The van der Waals surface area contributed by atoms with E-state index >= 15 is 0 Å². The van der Waals surface area contributed by atoms with Crippen LogP contribution in [0.2, 0.25) is 15.1 Å². The van der Waals surface area contributed by atoms with Gasteiger partial charge in [-0.05, 0) is 30.5 Å². The van der Waals surface area contributed by atoms with Crippen LogP contribution in [0.4, 0.5) is 5.69 Å². The van der Waals surface area contributed by atoms with Crippen molar-refractivity contribution in [2.45, 2.75) is 6.92 Å². The minimum atomic E-state index is -0.527. The van der Waals surface area contributed by atoms with E-state index in [1.807, 2.05) is 0 Å². The number of oxime groups is 1. The Labute approximate surface area is 151 Å². The van der Waals surface area contributed by atoms with Crippen molar-refractivity contribution in [1.29, 1.82) is 0 Å². The topological polar surface area (TPSA) is 63.0 Å². The predicted octanol–water partition coefficient (Wildman–Crippen LogP) is 5.34. The van der Waals surface area contributed by atoms with Crippen molar-refractivity contribution in [3.8, 4) is 0 Å². The van der Waals surface area contributed by atoms with Crippen LogP contribution in [0.3, 0.4) is 0 Å². The summed E-state index contributed by atoms with van der Waals surface area (Å²) in [6.07, 6.45) is 1.29. The average molecular weight is 391 g/mol. The van der Waals surface area contributed by atoms with Crippen molar-refractivity contribution in [1.82, 2.24) is 0 Å². The van der Waals surface area contributed by atoms with Gasteiger partial charge in [0, 0.05) is 5.02 Å². The summed E-state index contributed by atoms with van der Waals surface area (Å²) < 4.78 is 0. The SMILES string of the molecule is CC(/C=N/OC(=O)c1cccs1)=N\Nc1c(Cl)cc(Cl)cc1Cl. The highest BCUT2D eigenvalue weighted by atomic mass is 35.5. The van der Waals surface area contributed by atoms with Gasteiger partial charge in [0.1, 0.15) is 4.88 Å². The standard InChI is InChI=1S/C14H10Cl3N3O2S/c1-8(7-18-22-14(21)12-3-2-4-23-12)19-20-13-10(16)5-9(15)6-11(13)17/h2-7,20H,1H3/b18-7+,19-8+. The molecule has 5 nitrogen and oxygen atoms in total. The van der Waals surface area contributed by atoms with E-state index in [4.69, 9.17) is 39.6 Å². The van der Waals surface area contributed by atoms with Crippen LogP contribution in [-0.2, 0) is 4.84 Å². The van der Waals surface area contributed by atoms with Gasteiger partial charge >= 0.3 is 5.97 Å². The molecule has 1 heterocycles. The molecule has 0 aliphatic heterocycles. The van der Waals surface area contributed by atoms with E-state index < -0.39 is 5.97 Å². The fourth-order valence-corrected chi connectivity index (χ4v) is 2.91. The van der Waals surface area contributed by atoms with E-state index in [2.05, 4.69) is 15.7 Å². The molecule has 1 N–H and O–H groups in total. The van der Waals surface area contributed by atoms with E-state index in [9.17, 15) is 4.79 Å². The van der Waals surface area contributed by atoms with Crippen LogP contribution in [0.15, 0.2) is 39.9 Å². The molecule has 0 bridgehead atoms. The summed E-state index contributed by atoms with van der Waals surface area (Å²) in [4.78, 5) is 16.8. The molecule has 0 radical (unpaired) electrons. The summed E-state index contributed by atoms with van der Waals surface area (Å²) in [5, 5.41) is 10.5. The van der Waals surface area contributed by atoms with Crippen molar-refractivity contribution in [2.24, 2.45) is 10.3 Å². The molecule has 0 aliphatic rings. The molecule has 0 fully saturated rings. The first-order valence-corrected chi connectivity index (χ1v) is 8.22. The number of carbonyl (C=O) groups is 1. The van der Waals surface area contributed by atoms with Gasteiger partial charge in [0.2, 0.25) is 0 Å². The van der Waals surface area contributed by atoms with Gasteiger partial charge in [-0.15, -0.1) is 11.3 Å². The minimum Gasteiger partial charge on any atom is -0.312 e. The van der Waals surface area contributed by atoms with Gasteiger partial charge in [-0.2, -0.15) is 5.10 Å². The third-order valence-electron chi connectivity index (χ3n) is 2.45. The van der Waals surface area contributed by atoms with E-state index in [1.54, 1.807) is 36.6 Å². The monoisotopic (exact) mass is 389 g/mol. The number of anilines is 1. The number of thiophene rings is 1. The second kappa shape index (κ2) is 8.31. The Morgan fingerprint density at radius 3 is 2.61 bits per heavy atom. The summed E-state index contributed by atoms with van der Waals surface area (Å²) in [6.45, 7) is 1.66. The van der Waals surface area contributed by atoms with E-state index in [0.29, 0.717) is 31.3 Å². The summed E-state index contributed by atoms with van der Waals surface area (Å²) >= 11 is 19.1. The Morgan fingerprint density at radius 2 is 2.00 bits per heavy atom. The summed E-state index contributed by atoms with van der Waals surface area (Å²) in [5.41, 5.74) is 3.58. The van der Waals surface area contributed by atoms with E-state index in [1.165, 1.54) is 17.6 Å². The highest BCUT2D eigenvalue weighted by Crippen LogP contribution is 2.33. The zero-order chi connectivity index (χ0) is 16.8. The zero-order valence-electron chi connectivity index (χ0n) is 11.7. The first-order valence-electron chi connectivity index (χ1n) is 6.20. The zero-order valence-corrected chi connectivity index (χ0v) is 14.8. The van der Waals surface area contributed by atoms with Crippen molar-refractivity contribution in [3.63, 3.8) is 0 Å². The van der Waals surface area contributed by atoms with Crippen LogP contribution < -0.4 is 5.43 Å². The van der Waals surface area contributed by atoms with Gasteiger partial charge < -0.3 is 4.84 Å². The first-order chi connectivity index (χ1) is 11.0. The van der Waals surface area contributed by atoms with Gasteiger partial charge in [-0.25, -0.2) is 4.79 Å². The summed E-state index contributed by atoms with van der Waals surface area (Å²) in [5.74, 6) is -0.527. The molecule has 0 atom stereocenters. The van der Waals surface area contributed by atoms with Gasteiger partial charge in [0.05, 0.1) is 27.7 Å². The molecule has 120 valence electrons. The second-order valence-electron chi connectivity index (χ2n) is 4.20. The molecule has 1 aromatic heterocycles. The lowest BCUT2D eigenvalue weighted by Gasteiger charge is -2.06. The number of nitrogens with one attached hydrogen (secondary N) is 1. The number of hydrogen-bond acceptors (Lipinski definition) is 6.